The summed E-state index contributed by atoms with van der Waals surface area (Å²) in [5.74, 6) is -0.338. The number of H-pyrrole nitrogens is 1. The van der Waals surface area contributed by atoms with Crippen molar-refractivity contribution in [1.82, 2.24) is 30.3 Å². The second kappa shape index (κ2) is 12.7. The van der Waals surface area contributed by atoms with Gasteiger partial charge in [0.05, 0.1) is 30.6 Å². The van der Waals surface area contributed by atoms with E-state index in [1.54, 1.807) is 24.9 Å². The van der Waals surface area contributed by atoms with E-state index in [0.29, 0.717) is 37.4 Å². The van der Waals surface area contributed by atoms with Gasteiger partial charge in [0.1, 0.15) is 18.4 Å². The van der Waals surface area contributed by atoms with Crippen LogP contribution in [0.3, 0.4) is 0 Å². The highest BCUT2D eigenvalue weighted by Gasteiger charge is 2.31. The van der Waals surface area contributed by atoms with E-state index in [2.05, 4.69) is 35.8 Å². The van der Waals surface area contributed by atoms with Crippen molar-refractivity contribution < 1.29 is 27.8 Å². The van der Waals surface area contributed by atoms with E-state index in [1.807, 2.05) is 23.6 Å². The zero-order valence-corrected chi connectivity index (χ0v) is 20.8. The predicted molar refractivity (Wildman–Crippen MR) is 135 cm³/mol. The molecule has 0 radical (unpaired) electrons. The Bertz CT molecular complexity index is 1300. The van der Waals surface area contributed by atoms with Crippen LogP contribution < -0.4 is 15.4 Å². The van der Waals surface area contributed by atoms with Crippen molar-refractivity contribution in [3.63, 3.8) is 0 Å². The number of hydrogen-bond acceptors (Lipinski definition) is 8. The molecule has 0 aliphatic carbocycles. The molecule has 13 heteroatoms. The summed E-state index contributed by atoms with van der Waals surface area (Å²) >= 11 is 0. The van der Waals surface area contributed by atoms with Crippen LogP contribution in [-0.4, -0.2) is 62.2 Å². The van der Waals surface area contributed by atoms with Gasteiger partial charge in [-0.1, -0.05) is 6.07 Å². The molecule has 2 heterocycles. The highest BCUT2D eigenvalue weighted by Crippen LogP contribution is 2.26. The molecule has 0 unspecified atom stereocenters. The lowest BCUT2D eigenvalue weighted by molar-refractivity contribution is -0.274. The van der Waals surface area contributed by atoms with Gasteiger partial charge in [0, 0.05) is 36.8 Å². The van der Waals surface area contributed by atoms with E-state index < -0.39 is 6.36 Å². The molecule has 2 aromatic carbocycles. The van der Waals surface area contributed by atoms with Gasteiger partial charge in [0.25, 0.3) is 0 Å². The largest absolute Gasteiger partial charge is 0.573 e. The minimum Gasteiger partial charge on any atom is -0.406 e. The van der Waals surface area contributed by atoms with E-state index in [9.17, 15) is 18.3 Å². The summed E-state index contributed by atoms with van der Waals surface area (Å²) in [6.45, 7) is 3.70. The van der Waals surface area contributed by atoms with Crippen LogP contribution in [0, 0.1) is 0 Å². The lowest BCUT2D eigenvalue weighted by Crippen LogP contribution is -2.26. The number of anilines is 1. The number of nitrogens with zero attached hydrogens (tertiary/aromatic N) is 4. The van der Waals surface area contributed by atoms with Gasteiger partial charge in [-0.05, 0) is 55.2 Å². The number of aliphatic hydroxyl groups is 1. The molecule has 0 aliphatic heterocycles. The number of nitrogens with one attached hydrogen (secondary N) is 3. The molecule has 0 amide bonds. The van der Waals surface area contributed by atoms with Gasteiger partial charge in [-0.15, -0.1) is 23.4 Å². The number of alkyl halides is 3. The van der Waals surface area contributed by atoms with E-state index in [1.165, 1.54) is 12.1 Å². The molecule has 0 saturated heterocycles. The van der Waals surface area contributed by atoms with Crippen molar-refractivity contribution in [3.05, 3.63) is 60.3 Å². The van der Waals surface area contributed by atoms with Crippen LogP contribution in [0.5, 0.6) is 5.75 Å². The molecule has 0 spiro atoms. The van der Waals surface area contributed by atoms with Gasteiger partial charge >= 0.3 is 6.36 Å². The minimum absolute atomic E-state index is 0.122. The molecule has 4 rings (SSSR count). The van der Waals surface area contributed by atoms with Gasteiger partial charge in [-0.25, -0.2) is 0 Å². The Hall–Kier alpha value is -3.68. The molecule has 0 aliphatic rings. The lowest BCUT2D eigenvalue weighted by atomic mass is 10.1. The first-order chi connectivity index (χ1) is 18.3. The normalized spacial score (nSPS) is 12.7. The zero-order chi connectivity index (χ0) is 27.0. The van der Waals surface area contributed by atoms with Crippen molar-refractivity contribution >= 4 is 16.6 Å². The second-order valence-electron chi connectivity index (χ2n) is 8.85. The number of halogens is 3. The lowest BCUT2D eigenvalue weighted by Gasteiger charge is -2.16. The van der Waals surface area contributed by atoms with E-state index in [-0.39, 0.29) is 18.4 Å². The molecule has 10 nitrogen and oxygen atoms in total. The molecule has 204 valence electrons. The fourth-order valence-corrected chi connectivity index (χ4v) is 4.03. The third-order valence-electron chi connectivity index (χ3n) is 5.84. The van der Waals surface area contributed by atoms with Gasteiger partial charge in [-0.2, -0.15) is 5.10 Å². The molecule has 4 N–H and O–H groups in total. The number of benzene rings is 2. The van der Waals surface area contributed by atoms with Crippen molar-refractivity contribution in [3.8, 4) is 11.4 Å². The van der Waals surface area contributed by atoms with Gasteiger partial charge < -0.3 is 25.2 Å². The minimum atomic E-state index is -4.78. The van der Waals surface area contributed by atoms with Crippen LogP contribution in [-0.2, 0) is 17.9 Å². The summed E-state index contributed by atoms with van der Waals surface area (Å²) in [6, 6.07) is 8.25. The number of rotatable bonds is 14. The number of hydrogen-bond donors (Lipinski definition) is 4. The van der Waals surface area contributed by atoms with Crippen molar-refractivity contribution in [1.29, 1.82) is 0 Å². The van der Waals surface area contributed by atoms with Gasteiger partial charge in [0.15, 0.2) is 0 Å². The highest BCUT2D eigenvalue weighted by atomic mass is 19.4. The fourth-order valence-electron chi connectivity index (χ4n) is 4.03. The average Bonchev–Trinajstić information content (AvgIpc) is 3.58. The maximum Gasteiger partial charge on any atom is 0.573 e. The monoisotopic (exact) mass is 533 g/mol. The Morgan fingerprint density at radius 1 is 1.08 bits per heavy atom. The molecular weight excluding hydrogens is 503 g/mol. The summed E-state index contributed by atoms with van der Waals surface area (Å²) in [4.78, 5) is 0. The van der Waals surface area contributed by atoms with Gasteiger partial charge in [0.2, 0.25) is 0 Å². The van der Waals surface area contributed by atoms with Crippen molar-refractivity contribution in [2.24, 2.45) is 0 Å². The first kappa shape index (κ1) is 27.4. The topological polar surface area (TPSA) is 122 Å². The van der Waals surface area contributed by atoms with E-state index >= 15 is 0 Å². The maximum absolute atomic E-state index is 12.6. The predicted octanol–water partition coefficient (Wildman–Crippen LogP) is 3.92. The summed E-state index contributed by atoms with van der Waals surface area (Å²) < 4.78 is 49.2. The second-order valence-corrected chi connectivity index (χ2v) is 8.85. The van der Waals surface area contributed by atoms with Crippen LogP contribution in [0.15, 0.2) is 49.2 Å². The van der Waals surface area contributed by atoms with E-state index in [4.69, 9.17) is 4.74 Å². The molecule has 0 bridgehead atoms. The molecule has 0 saturated carbocycles. The van der Waals surface area contributed by atoms with Crippen LogP contribution >= 0.6 is 0 Å². The molecule has 0 fully saturated rings. The standard InChI is InChI=1S/C25H30F3N7O3/c1-17(30-12-18-7-19(14-36)9-21(8-18)38-25(26,27)28)3-2-5-37-6-4-29-23-10-20(35-15-32-33-16-35)11-24-22(23)13-31-34-24/h7-11,13,15-17,29-30,36H,2-6,12,14H2,1H3,(H,31,34)/t17-/m0/s1. The van der Waals surface area contributed by atoms with Crippen LogP contribution in [0.2, 0.25) is 0 Å². The van der Waals surface area contributed by atoms with E-state index in [0.717, 1.165) is 35.1 Å². The first-order valence-electron chi connectivity index (χ1n) is 12.2. The van der Waals surface area contributed by atoms with Crippen LogP contribution in [0.25, 0.3) is 16.6 Å². The zero-order valence-electron chi connectivity index (χ0n) is 20.8. The Kier molecular flexibility index (Phi) is 9.15. The molecule has 4 aromatic rings. The summed E-state index contributed by atoms with van der Waals surface area (Å²) in [7, 11) is 0. The number of ether oxygens (including phenoxy) is 2. The number of aromatic amines is 1. The Balaban J connectivity index is 1.16. The third-order valence-corrected chi connectivity index (χ3v) is 5.84. The van der Waals surface area contributed by atoms with Crippen molar-refractivity contribution in [2.45, 2.75) is 45.3 Å². The Labute approximate surface area is 217 Å². The summed E-state index contributed by atoms with van der Waals surface area (Å²) in [5, 5.41) is 31.8. The third kappa shape index (κ3) is 7.91. The quantitative estimate of drug-likeness (QED) is 0.180. The molecular formula is C25H30F3N7O3. The molecule has 38 heavy (non-hydrogen) atoms. The SMILES string of the molecule is C[C@@H](CCCOCCNc1cc(-n2cnnc2)cc2[nH]ncc12)NCc1cc(CO)cc(OC(F)(F)F)c1. The van der Waals surface area contributed by atoms with Crippen LogP contribution in [0.1, 0.15) is 30.9 Å². The van der Waals surface area contributed by atoms with Gasteiger partial charge in [-0.3, -0.25) is 9.67 Å². The number of aromatic nitrogens is 5. The number of aliphatic hydroxyl groups excluding tert-OH is 1. The first-order valence-corrected chi connectivity index (χ1v) is 12.2. The smallest absolute Gasteiger partial charge is 0.406 e. The average molecular weight is 534 g/mol. The molecule has 1 atom stereocenters. The molecule has 2 aromatic heterocycles. The maximum atomic E-state index is 12.6. The Morgan fingerprint density at radius 3 is 2.63 bits per heavy atom. The van der Waals surface area contributed by atoms with Crippen LogP contribution in [0.4, 0.5) is 18.9 Å². The summed E-state index contributed by atoms with van der Waals surface area (Å²) in [6.07, 6.45) is 1.90. The number of fused-ring (bicyclic) bond motifs is 1. The Morgan fingerprint density at radius 2 is 1.87 bits per heavy atom. The fraction of sp³-hybridized carbons (Fsp3) is 0.400. The van der Waals surface area contributed by atoms with Crippen molar-refractivity contribution in [2.75, 3.05) is 25.1 Å². The highest BCUT2D eigenvalue weighted by molar-refractivity contribution is 5.93. The summed E-state index contributed by atoms with van der Waals surface area (Å²) in [5.41, 5.74) is 3.69.